The first-order valence-corrected chi connectivity index (χ1v) is 6.87. The van der Waals surface area contributed by atoms with Gasteiger partial charge in [-0.05, 0) is 25.3 Å². The Morgan fingerprint density at radius 2 is 2.41 bits per heavy atom. The number of hydrogen-bond acceptors (Lipinski definition) is 3. The molecule has 2 aromatic heterocycles. The number of nitrogens with zero attached hydrogens (tertiary/aromatic N) is 2. The number of rotatable bonds is 2. The Balaban J connectivity index is 1.95. The van der Waals surface area contributed by atoms with Crippen LogP contribution in [0.2, 0.25) is 0 Å². The van der Waals surface area contributed by atoms with Crippen molar-refractivity contribution in [2.75, 3.05) is 6.54 Å². The van der Waals surface area contributed by atoms with E-state index in [2.05, 4.69) is 46.2 Å². The van der Waals surface area contributed by atoms with Crippen molar-refractivity contribution in [2.24, 2.45) is 0 Å². The Morgan fingerprint density at radius 3 is 3.18 bits per heavy atom. The topological polar surface area (TPSA) is 29.9 Å². The van der Waals surface area contributed by atoms with E-state index in [1.807, 2.05) is 17.7 Å². The van der Waals surface area contributed by atoms with Gasteiger partial charge in [0.25, 0.3) is 0 Å². The number of fused-ring (bicyclic) bond motifs is 1. The normalized spacial score (nSPS) is 18.0. The molecule has 1 N–H and O–H groups in total. The van der Waals surface area contributed by atoms with Gasteiger partial charge < -0.3 is 9.88 Å². The zero-order valence-electron chi connectivity index (χ0n) is 10.2. The zero-order chi connectivity index (χ0) is 11.9. The summed E-state index contributed by atoms with van der Waals surface area (Å²) in [6, 6.07) is 4.29. The highest BCUT2D eigenvalue weighted by atomic mass is 32.1. The van der Waals surface area contributed by atoms with Gasteiger partial charge in [0.1, 0.15) is 0 Å². The molecular weight excluding hydrogens is 230 g/mol. The molecule has 0 amide bonds. The Morgan fingerprint density at radius 1 is 1.53 bits per heavy atom. The summed E-state index contributed by atoms with van der Waals surface area (Å²) in [6.07, 6.45) is 3.06. The monoisotopic (exact) mass is 247 g/mol. The molecule has 0 bridgehead atoms. The number of hydrogen-bond donors (Lipinski definition) is 1. The summed E-state index contributed by atoms with van der Waals surface area (Å²) in [4.78, 5) is 5.99. The fourth-order valence-electron chi connectivity index (χ4n) is 2.48. The fraction of sp³-hybridized carbons (Fsp3) is 0.462. The lowest BCUT2D eigenvalue weighted by molar-refractivity contribution is 0.368. The van der Waals surface area contributed by atoms with Gasteiger partial charge in [0.2, 0.25) is 0 Å². The third-order valence-corrected chi connectivity index (χ3v) is 4.23. The second-order valence-electron chi connectivity index (χ2n) is 5.05. The maximum absolute atomic E-state index is 4.60. The van der Waals surface area contributed by atoms with Crippen molar-refractivity contribution in [3.8, 4) is 0 Å². The molecule has 0 atom stereocenters. The van der Waals surface area contributed by atoms with E-state index in [-0.39, 0.29) is 5.54 Å². The summed E-state index contributed by atoms with van der Waals surface area (Å²) >= 11 is 1.81. The maximum Gasteiger partial charge on any atom is 0.0955 e. The summed E-state index contributed by atoms with van der Waals surface area (Å²) in [5.41, 5.74) is 2.61. The Hall–Kier alpha value is -1.13. The molecule has 0 saturated heterocycles. The van der Waals surface area contributed by atoms with Crippen molar-refractivity contribution in [3.63, 3.8) is 0 Å². The van der Waals surface area contributed by atoms with E-state index < -0.39 is 0 Å². The molecule has 0 spiro atoms. The lowest BCUT2D eigenvalue weighted by atomic mass is 9.94. The van der Waals surface area contributed by atoms with Gasteiger partial charge in [0.15, 0.2) is 0 Å². The minimum absolute atomic E-state index is 0.00822. The van der Waals surface area contributed by atoms with Crippen LogP contribution in [0.4, 0.5) is 0 Å². The van der Waals surface area contributed by atoms with E-state index >= 15 is 0 Å². The first-order chi connectivity index (χ1) is 8.17. The number of thiophene rings is 1. The third-order valence-electron chi connectivity index (χ3n) is 3.37. The van der Waals surface area contributed by atoms with Crippen molar-refractivity contribution in [1.82, 2.24) is 14.9 Å². The highest BCUT2D eigenvalue weighted by Gasteiger charge is 2.30. The quantitative estimate of drug-likeness (QED) is 0.883. The van der Waals surface area contributed by atoms with Crippen LogP contribution in [0, 0.1) is 0 Å². The van der Waals surface area contributed by atoms with Crippen molar-refractivity contribution in [2.45, 2.75) is 32.4 Å². The Bertz CT molecular complexity index is 511. The van der Waals surface area contributed by atoms with Crippen molar-refractivity contribution in [3.05, 3.63) is 40.1 Å². The second-order valence-corrected chi connectivity index (χ2v) is 6.08. The molecular formula is C13H17N3S. The molecule has 90 valence electrons. The fourth-order valence-corrected chi connectivity index (χ4v) is 3.18. The SMILES string of the molecule is CC1(C)NCCc2c1ncn2Cc1cccs1. The van der Waals surface area contributed by atoms with Gasteiger partial charge in [-0.2, -0.15) is 0 Å². The molecule has 0 fully saturated rings. The molecule has 3 heterocycles. The van der Waals surface area contributed by atoms with Gasteiger partial charge >= 0.3 is 0 Å². The molecule has 17 heavy (non-hydrogen) atoms. The largest absolute Gasteiger partial charge is 0.329 e. The summed E-state index contributed by atoms with van der Waals surface area (Å²) in [5.74, 6) is 0. The Labute approximate surface area is 106 Å². The lowest BCUT2D eigenvalue weighted by Gasteiger charge is -2.30. The molecule has 2 aromatic rings. The van der Waals surface area contributed by atoms with Gasteiger partial charge in [-0.1, -0.05) is 6.07 Å². The minimum atomic E-state index is 0.00822. The van der Waals surface area contributed by atoms with Gasteiger partial charge in [-0.25, -0.2) is 4.98 Å². The van der Waals surface area contributed by atoms with Crippen LogP contribution in [-0.4, -0.2) is 16.1 Å². The summed E-state index contributed by atoms with van der Waals surface area (Å²) in [7, 11) is 0. The smallest absolute Gasteiger partial charge is 0.0955 e. The molecule has 0 saturated carbocycles. The molecule has 3 nitrogen and oxygen atoms in total. The van der Waals surface area contributed by atoms with E-state index in [1.54, 1.807) is 0 Å². The molecule has 1 aliphatic heterocycles. The van der Waals surface area contributed by atoms with Crippen LogP contribution in [0.3, 0.4) is 0 Å². The molecule has 0 unspecified atom stereocenters. The van der Waals surface area contributed by atoms with Gasteiger partial charge in [0, 0.05) is 23.5 Å². The van der Waals surface area contributed by atoms with E-state index in [4.69, 9.17) is 0 Å². The number of aromatic nitrogens is 2. The van der Waals surface area contributed by atoms with Crippen LogP contribution in [0.15, 0.2) is 23.8 Å². The van der Waals surface area contributed by atoms with Crippen LogP contribution in [0.1, 0.15) is 30.1 Å². The van der Waals surface area contributed by atoms with Gasteiger partial charge in [-0.3, -0.25) is 0 Å². The average Bonchev–Trinajstić information content (AvgIpc) is 2.89. The van der Waals surface area contributed by atoms with Crippen LogP contribution >= 0.6 is 11.3 Å². The van der Waals surface area contributed by atoms with Crippen LogP contribution < -0.4 is 5.32 Å². The summed E-state index contributed by atoms with van der Waals surface area (Å²) < 4.78 is 2.30. The van der Waals surface area contributed by atoms with E-state index in [9.17, 15) is 0 Å². The first kappa shape index (κ1) is 11.0. The van der Waals surface area contributed by atoms with Gasteiger partial charge in [0.05, 0.1) is 24.1 Å². The number of imidazole rings is 1. The average molecular weight is 247 g/mol. The van der Waals surface area contributed by atoms with Crippen molar-refractivity contribution < 1.29 is 0 Å². The standard InChI is InChI=1S/C13H17N3S/c1-13(2)12-11(5-6-15-13)16(9-14-12)8-10-4-3-7-17-10/h3-4,7,9,15H,5-6,8H2,1-2H3. The van der Waals surface area contributed by atoms with E-state index in [1.165, 1.54) is 16.3 Å². The van der Waals surface area contributed by atoms with Crippen LogP contribution in [0.5, 0.6) is 0 Å². The van der Waals surface area contributed by atoms with Crippen molar-refractivity contribution in [1.29, 1.82) is 0 Å². The van der Waals surface area contributed by atoms with Crippen LogP contribution in [-0.2, 0) is 18.5 Å². The number of nitrogens with one attached hydrogen (secondary N) is 1. The first-order valence-electron chi connectivity index (χ1n) is 5.99. The van der Waals surface area contributed by atoms with Crippen molar-refractivity contribution >= 4 is 11.3 Å². The van der Waals surface area contributed by atoms with Gasteiger partial charge in [-0.15, -0.1) is 11.3 Å². The predicted octanol–water partition coefficient (Wildman–Crippen LogP) is 2.37. The lowest BCUT2D eigenvalue weighted by Crippen LogP contribution is -2.43. The predicted molar refractivity (Wildman–Crippen MR) is 70.4 cm³/mol. The maximum atomic E-state index is 4.60. The van der Waals surface area contributed by atoms with E-state index in [0.717, 1.165) is 19.5 Å². The Kier molecular flexibility index (Phi) is 2.56. The molecule has 0 aliphatic carbocycles. The van der Waals surface area contributed by atoms with Crippen LogP contribution in [0.25, 0.3) is 0 Å². The molecule has 0 aromatic carbocycles. The highest BCUT2D eigenvalue weighted by Crippen LogP contribution is 2.27. The molecule has 0 radical (unpaired) electrons. The van der Waals surface area contributed by atoms with E-state index in [0.29, 0.717) is 0 Å². The highest BCUT2D eigenvalue weighted by molar-refractivity contribution is 7.09. The summed E-state index contributed by atoms with van der Waals surface area (Å²) in [5, 5.41) is 5.64. The zero-order valence-corrected chi connectivity index (χ0v) is 11.0. The summed E-state index contributed by atoms with van der Waals surface area (Å²) in [6.45, 7) is 6.40. The minimum Gasteiger partial charge on any atom is -0.329 e. The molecule has 1 aliphatic rings. The molecule has 4 heteroatoms. The molecule has 3 rings (SSSR count). The third kappa shape index (κ3) is 1.91. The second kappa shape index (κ2) is 3.96.